The molecule has 0 radical (unpaired) electrons. The molecule has 19 heavy (non-hydrogen) atoms. The predicted octanol–water partition coefficient (Wildman–Crippen LogP) is 3.45. The van der Waals surface area contributed by atoms with Crippen LogP contribution in [0.1, 0.15) is 44.6 Å². The SMILES string of the molecule is CCCCCCCc1cccc(S(=O)(=O)N(C)C)c1. The van der Waals surface area contributed by atoms with Gasteiger partial charge >= 0.3 is 0 Å². The lowest BCUT2D eigenvalue weighted by atomic mass is 10.1. The fraction of sp³-hybridized carbons (Fsp3) is 0.600. The zero-order valence-electron chi connectivity index (χ0n) is 12.2. The lowest BCUT2D eigenvalue weighted by Crippen LogP contribution is -2.22. The molecule has 0 amide bonds. The second-order valence-corrected chi connectivity index (χ2v) is 7.25. The minimum absolute atomic E-state index is 0.392. The number of benzene rings is 1. The van der Waals surface area contributed by atoms with Gasteiger partial charge in [-0.15, -0.1) is 0 Å². The quantitative estimate of drug-likeness (QED) is 0.685. The molecular formula is C15H25NO2S. The van der Waals surface area contributed by atoms with Crippen molar-refractivity contribution in [3.05, 3.63) is 29.8 Å². The molecule has 0 aliphatic rings. The molecule has 1 aromatic rings. The van der Waals surface area contributed by atoms with Crippen molar-refractivity contribution < 1.29 is 8.42 Å². The maximum Gasteiger partial charge on any atom is 0.242 e. The van der Waals surface area contributed by atoms with Gasteiger partial charge in [-0.25, -0.2) is 12.7 Å². The van der Waals surface area contributed by atoms with Crippen LogP contribution in [-0.4, -0.2) is 26.8 Å². The Morgan fingerprint density at radius 3 is 2.37 bits per heavy atom. The van der Waals surface area contributed by atoms with Gasteiger partial charge in [0.15, 0.2) is 0 Å². The van der Waals surface area contributed by atoms with E-state index in [4.69, 9.17) is 0 Å². The molecule has 0 aliphatic carbocycles. The number of aryl methyl sites for hydroxylation is 1. The maximum atomic E-state index is 12.0. The van der Waals surface area contributed by atoms with E-state index in [9.17, 15) is 8.42 Å². The van der Waals surface area contributed by atoms with Crippen LogP contribution < -0.4 is 0 Å². The fourth-order valence-electron chi connectivity index (χ4n) is 2.00. The van der Waals surface area contributed by atoms with E-state index < -0.39 is 10.0 Å². The van der Waals surface area contributed by atoms with E-state index in [1.165, 1.54) is 30.0 Å². The molecule has 1 aromatic carbocycles. The average molecular weight is 283 g/mol. The van der Waals surface area contributed by atoms with Crippen molar-refractivity contribution in [3.63, 3.8) is 0 Å². The topological polar surface area (TPSA) is 37.4 Å². The van der Waals surface area contributed by atoms with Gasteiger partial charge in [0.2, 0.25) is 10.0 Å². The summed E-state index contributed by atoms with van der Waals surface area (Å²) in [4.78, 5) is 0.392. The minimum atomic E-state index is -3.31. The first-order valence-electron chi connectivity index (χ1n) is 7.00. The lowest BCUT2D eigenvalue weighted by molar-refractivity contribution is 0.520. The van der Waals surface area contributed by atoms with Gasteiger partial charge < -0.3 is 0 Å². The second-order valence-electron chi connectivity index (χ2n) is 5.10. The van der Waals surface area contributed by atoms with Crippen LogP contribution in [0.4, 0.5) is 0 Å². The number of unbranched alkanes of at least 4 members (excludes halogenated alkanes) is 4. The highest BCUT2D eigenvalue weighted by Crippen LogP contribution is 2.16. The zero-order chi connectivity index (χ0) is 14.3. The molecule has 0 aliphatic heterocycles. The minimum Gasteiger partial charge on any atom is -0.207 e. The predicted molar refractivity (Wildman–Crippen MR) is 79.8 cm³/mol. The number of hydrogen-bond acceptors (Lipinski definition) is 2. The Kier molecular flexibility index (Phi) is 6.52. The van der Waals surface area contributed by atoms with Crippen LogP contribution in [0.15, 0.2) is 29.2 Å². The van der Waals surface area contributed by atoms with Gasteiger partial charge in [-0.05, 0) is 30.5 Å². The maximum absolute atomic E-state index is 12.0. The summed E-state index contributed by atoms with van der Waals surface area (Å²) >= 11 is 0. The Labute approximate surface area is 117 Å². The van der Waals surface area contributed by atoms with Crippen LogP contribution in [-0.2, 0) is 16.4 Å². The Bertz CT molecular complexity index is 481. The molecule has 0 unspecified atom stereocenters. The normalized spacial score (nSPS) is 12.0. The van der Waals surface area contributed by atoms with Crippen LogP contribution in [0.3, 0.4) is 0 Å². The highest BCUT2D eigenvalue weighted by atomic mass is 32.2. The second kappa shape index (κ2) is 7.65. The third-order valence-corrected chi connectivity index (χ3v) is 5.06. The molecule has 4 heteroatoms. The summed E-state index contributed by atoms with van der Waals surface area (Å²) in [6.07, 6.45) is 7.11. The molecule has 108 valence electrons. The van der Waals surface area contributed by atoms with Crippen molar-refractivity contribution in [1.29, 1.82) is 0 Å². The Balaban J connectivity index is 2.63. The van der Waals surface area contributed by atoms with Crippen molar-refractivity contribution >= 4 is 10.0 Å². The first-order valence-corrected chi connectivity index (χ1v) is 8.44. The van der Waals surface area contributed by atoms with Gasteiger partial charge in [0, 0.05) is 14.1 Å². The van der Waals surface area contributed by atoms with Crippen LogP contribution in [0.2, 0.25) is 0 Å². The summed E-state index contributed by atoms with van der Waals surface area (Å²) in [5.74, 6) is 0. The molecule has 0 heterocycles. The monoisotopic (exact) mass is 283 g/mol. The molecule has 0 aromatic heterocycles. The molecule has 0 fully saturated rings. The van der Waals surface area contributed by atoms with Crippen LogP contribution in [0.25, 0.3) is 0 Å². The van der Waals surface area contributed by atoms with Crippen LogP contribution in [0, 0.1) is 0 Å². The van der Waals surface area contributed by atoms with Gasteiger partial charge in [0.05, 0.1) is 4.90 Å². The number of nitrogens with zero attached hydrogens (tertiary/aromatic N) is 1. The molecule has 0 N–H and O–H groups in total. The molecule has 0 bridgehead atoms. The van der Waals surface area contributed by atoms with Gasteiger partial charge in [0.1, 0.15) is 0 Å². The smallest absolute Gasteiger partial charge is 0.207 e. The van der Waals surface area contributed by atoms with Gasteiger partial charge in [0.25, 0.3) is 0 Å². The summed E-state index contributed by atoms with van der Waals surface area (Å²) < 4.78 is 25.3. The van der Waals surface area contributed by atoms with Crippen molar-refractivity contribution in [2.24, 2.45) is 0 Å². The molecule has 0 spiro atoms. The highest BCUT2D eigenvalue weighted by molar-refractivity contribution is 7.89. The van der Waals surface area contributed by atoms with Gasteiger partial charge in [-0.3, -0.25) is 0 Å². The fourth-order valence-corrected chi connectivity index (χ4v) is 2.98. The Morgan fingerprint density at radius 2 is 1.74 bits per heavy atom. The van der Waals surface area contributed by atoms with Crippen molar-refractivity contribution in [3.8, 4) is 0 Å². The van der Waals surface area contributed by atoms with E-state index in [0.29, 0.717) is 4.90 Å². The van der Waals surface area contributed by atoms with Gasteiger partial charge in [-0.1, -0.05) is 44.7 Å². The van der Waals surface area contributed by atoms with Gasteiger partial charge in [-0.2, -0.15) is 0 Å². The van der Waals surface area contributed by atoms with E-state index in [-0.39, 0.29) is 0 Å². The molecule has 0 atom stereocenters. The number of rotatable bonds is 8. The molecule has 1 rings (SSSR count). The molecule has 0 saturated carbocycles. The van der Waals surface area contributed by atoms with Crippen LogP contribution >= 0.6 is 0 Å². The standard InChI is InChI=1S/C15H25NO2S/c1-4-5-6-7-8-10-14-11-9-12-15(13-14)19(17,18)16(2)3/h9,11-13H,4-8,10H2,1-3H3. The average Bonchev–Trinajstić information content (AvgIpc) is 2.38. The molecular weight excluding hydrogens is 258 g/mol. The number of sulfonamides is 1. The largest absolute Gasteiger partial charge is 0.242 e. The van der Waals surface area contributed by atoms with Crippen molar-refractivity contribution in [2.45, 2.75) is 50.3 Å². The number of hydrogen-bond donors (Lipinski definition) is 0. The summed E-state index contributed by atoms with van der Waals surface area (Å²) in [6, 6.07) is 7.30. The first kappa shape index (κ1) is 16.2. The van der Waals surface area contributed by atoms with Crippen LogP contribution in [0.5, 0.6) is 0 Å². The molecule has 3 nitrogen and oxygen atoms in total. The summed E-state index contributed by atoms with van der Waals surface area (Å²) in [5.41, 5.74) is 1.11. The lowest BCUT2D eigenvalue weighted by Gasteiger charge is -2.12. The van der Waals surface area contributed by atoms with E-state index in [2.05, 4.69) is 6.92 Å². The summed E-state index contributed by atoms with van der Waals surface area (Å²) in [5, 5.41) is 0. The third-order valence-electron chi connectivity index (χ3n) is 3.25. The van der Waals surface area contributed by atoms with Crippen molar-refractivity contribution in [1.82, 2.24) is 4.31 Å². The summed E-state index contributed by atoms with van der Waals surface area (Å²) in [7, 11) is -0.181. The third kappa shape index (κ3) is 4.96. The highest BCUT2D eigenvalue weighted by Gasteiger charge is 2.16. The van der Waals surface area contributed by atoms with E-state index >= 15 is 0 Å². The Morgan fingerprint density at radius 1 is 1.05 bits per heavy atom. The first-order chi connectivity index (χ1) is 8.98. The van der Waals surface area contributed by atoms with E-state index in [1.807, 2.05) is 12.1 Å². The van der Waals surface area contributed by atoms with Crippen molar-refractivity contribution in [2.75, 3.05) is 14.1 Å². The molecule has 0 saturated heterocycles. The summed E-state index contributed by atoms with van der Waals surface area (Å²) in [6.45, 7) is 2.20. The van der Waals surface area contributed by atoms with E-state index in [1.54, 1.807) is 26.2 Å². The van der Waals surface area contributed by atoms with E-state index in [0.717, 1.165) is 18.4 Å². The zero-order valence-corrected chi connectivity index (χ0v) is 13.0. The Hall–Kier alpha value is -0.870.